The van der Waals surface area contributed by atoms with E-state index < -0.39 is 0 Å². The highest BCUT2D eigenvalue weighted by molar-refractivity contribution is 5.08. The molecule has 0 amide bonds. The monoisotopic (exact) mass is 259 g/mol. The van der Waals surface area contributed by atoms with E-state index in [1.807, 2.05) is 18.5 Å². The Bertz CT molecular complexity index is 369. The molecule has 0 aromatic carbocycles. The van der Waals surface area contributed by atoms with Gasteiger partial charge in [-0.25, -0.2) is 0 Å². The van der Waals surface area contributed by atoms with Crippen LogP contribution in [0.5, 0.6) is 0 Å². The third-order valence-electron chi connectivity index (χ3n) is 4.29. The first-order chi connectivity index (χ1) is 9.40. The van der Waals surface area contributed by atoms with Gasteiger partial charge in [0.15, 0.2) is 0 Å². The van der Waals surface area contributed by atoms with Crippen LogP contribution in [-0.2, 0) is 6.42 Å². The molecule has 3 nitrogen and oxygen atoms in total. The summed E-state index contributed by atoms with van der Waals surface area (Å²) in [7, 11) is 0. The summed E-state index contributed by atoms with van der Waals surface area (Å²) < 4.78 is 0. The van der Waals surface area contributed by atoms with Crippen LogP contribution in [0.4, 0.5) is 0 Å². The highest BCUT2D eigenvalue weighted by atomic mass is 15.2. The van der Waals surface area contributed by atoms with Crippen molar-refractivity contribution < 1.29 is 0 Å². The molecule has 1 saturated heterocycles. The fraction of sp³-hybridized carbons (Fsp3) is 0.688. The first-order valence-corrected chi connectivity index (χ1v) is 7.75. The maximum atomic E-state index is 4.21. The molecule has 1 aliphatic heterocycles. The van der Waals surface area contributed by atoms with Crippen molar-refractivity contribution in [3.05, 3.63) is 30.1 Å². The summed E-state index contributed by atoms with van der Waals surface area (Å²) in [6, 6.07) is 4.96. The van der Waals surface area contributed by atoms with Crippen molar-refractivity contribution in [1.82, 2.24) is 15.2 Å². The number of pyridine rings is 1. The first kappa shape index (κ1) is 13.1. The number of hydrogen-bond donors (Lipinski definition) is 1. The van der Waals surface area contributed by atoms with Crippen LogP contribution in [0.2, 0.25) is 0 Å². The number of nitrogens with one attached hydrogen (secondary N) is 1. The maximum absolute atomic E-state index is 4.21. The van der Waals surface area contributed by atoms with Crippen molar-refractivity contribution in [3.8, 4) is 0 Å². The Morgan fingerprint density at radius 2 is 2.21 bits per heavy atom. The van der Waals surface area contributed by atoms with Gasteiger partial charge in [0.1, 0.15) is 0 Å². The second-order valence-corrected chi connectivity index (χ2v) is 6.11. The molecular formula is C16H25N3. The van der Waals surface area contributed by atoms with Crippen molar-refractivity contribution >= 4 is 0 Å². The van der Waals surface area contributed by atoms with E-state index in [-0.39, 0.29) is 0 Å². The lowest BCUT2D eigenvalue weighted by Crippen LogP contribution is -2.39. The van der Waals surface area contributed by atoms with Gasteiger partial charge < -0.3 is 10.2 Å². The fourth-order valence-electron chi connectivity index (χ4n) is 2.98. The predicted octanol–water partition coefficient (Wildman–Crippen LogP) is 2.09. The average Bonchev–Trinajstić information content (AvgIpc) is 3.11. The molecule has 1 atom stereocenters. The third kappa shape index (κ3) is 4.29. The highest BCUT2D eigenvalue weighted by Gasteiger charge is 2.26. The minimum atomic E-state index is 0.729. The number of nitrogens with zero attached hydrogens (tertiary/aromatic N) is 2. The predicted molar refractivity (Wildman–Crippen MR) is 78.1 cm³/mol. The van der Waals surface area contributed by atoms with Crippen LogP contribution in [0, 0.1) is 5.92 Å². The van der Waals surface area contributed by atoms with E-state index >= 15 is 0 Å². The van der Waals surface area contributed by atoms with Crippen molar-refractivity contribution in [2.24, 2.45) is 5.92 Å². The van der Waals surface area contributed by atoms with Gasteiger partial charge in [-0.15, -0.1) is 0 Å². The highest BCUT2D eigenvalue weighted by Crippen LogP contribution is 2.30. The summed E-state index contributed by atoms with van der Waals surface area (Å²) in [4.78, 5) is 6.88. The van der Waals surface area contributed by atoms with E-state index in [0.29, 0.717) is 0 Å². The minimum Gasteiger partial charge on any atom is -0.313 e. The SMILES string of the molecule is c1cncc(CCN(CC2CC2)CC2CCCN2)c1. The Morgan fingerprint density at radius 3 is 2.89 bits per heavy atom. The molecule has 1 saturated carbocycles. The van der Waals surface area contributed by atoms with E-state index in [1.165, 1.54) is 57.4 Å². The van der Waals surface area contributed by atoms with Gasteiger partial charge in [0.2, 0.25) is 0 Å². The van der Waals surface area contributed by atoms with Gasteiger partial charge in [0.25, 0.3) is 0 Å². The first-order valence-electron chi connectivity index (χ1n) is 7.75. The molecular weight excluding hydrogens is 234 g/mol. The van der Waals surface area contributed by atoms with Crippen LogP contribution in [0.15, 0.2) is 24.5 Å². The zero-order chi connectivity index (χ0) is 12.9. The van der Waals surface area contributed by atoms with Crippen molar-refractivity contribution in [2.45, 2.75) is 38.1 Å². The van der Waals surface area contributed by atoms with E-state index in [2.05, 4.69) is 21.3 Å². The van der Waals surface area contributed by atoms with Crippen LogP contribution < -0.4 is 5.32 Å². The van der Waals surface area contributed by atoms with Gasteiger partial charge in [0, 0.05) is 38.1 Å². The molecule has 0 bridgehead atoms. The summed E-state index contributed by atoms with van der Waals surface area (Å²) in [5.74, 6) is 0.982. The molecule has 2 aliphatic rings. The van der Waals surface area contributed by atoms with Gasteiger partial charge in [0.05, 0.1) is 0 Å². The summed E-state index contributed by atoms with van der Waals surface area (Å²) in [5, 5.41) is 3.62. The fourth-order valence-corrected chi connectivity index (χ4v) is 2.98. The van der Waals surface area contributed by atoms with Gasteiger partial charge in [-0.2, -0.15) is 0 Å². The molecule has 1 aliphatic carbocycles. The van der Waals surface area contributed by atoms with Crippen molar-refractivity contribution in [2.75, 3.05) is 26.2 Å². The largest absolute Gasteiger partial charge is 0.313 e. The molecule has 2 fully saturated rings. The normalized spacial score (nSPS) is 23.1. The van der Waals surface area contributed by atoms with Crippen molar-refractivity contribution in [3.63, 3.8) is 0 Å². The van der Waals surface area contributed by atoms with E-state index in [0.717, 1.165) is 18.4 Å². The Balaban J connectivity index is 1.49. The van der Waals surface area contributed by atoms with E-state index in [1.54, 1.807) is 0 Å². The summed E-state index contributed by atoms with van der Waals surface area (Å²) in [6.07, 6.45) is 10.6. The van der Waals surface area contributed by atoms with Crippen LogP contribution in [0.1, 0.15) is 31.2 Å². The second kappa shape index (κ2) is 6.49. The van der Waals surface area contributed by atoms with Crippen LogP contribution in [0.25, 0.3) is 0 Å². The zero-order valence-corrected chi connectivity index (χ0v) is 11.7. The van der Waals surface area contributed by atoms with E-state index in [9.17, 15) is 0 Å². The molecule has 1 unspecified atom stereocenters. The molecule has 1 N–H and O–H groups in total. The summed E-state index contributed by atoms with van der Waals surface area (Å²) in [5.41, 5.74) is 1.36. The maximum Gasteiger partial charge on any atom is 0.0300 e. The lowest BCUT2D eigenvalue weighted by molar-refractivity contribution is 0.242. The molecule has 3 rings (SSSR count). The van der Waals surface area contributed by atoms with Crippen LogP contribution in [-0.4, -0.2) is 42.1 Å². The number of hydrogen-bond acceptors (Lipinski definition) is 3. The summed E-state index contributed by atoms with van der Waals surface area (Å²) in [6.45, 7) is 4.93. The lowest BCUT2D eigenvalue weighted by atomic mass is 10.1. The quantitative estimate of drug-likeness (QED) is 0.812. The van der Waals surface area contributed by atoms with Gasteiger partial charge in [-0.05, 0) is 56.2 Å². The Hall–Kier alpha value is -0.930. The molecule has 1 aromatic heterocycles. The molecule has 104 valence electrons. The Kier molecular flexibility index (Phi) is 4.46. The molecule has 1 aromatic rings. The molecule has 19 heavy (non-hydrogen) atoms. The Morgan fingerprint density at radius 1 is 1.26 bits per heavy atom. The zero-order valence-electron chi connectivity index (χ0n) is 11.7. The Labute approximate surface area is 116 Å². The lowest BCUT2D eigenvalue weighted by Gasteiger charge is -2.25. The van der Waals surface area contributed by atoms with Crippen molar-refractivity contribution in [1.29, 1.82) is 0 Å². The standard InChI is InChI=1S/C16H25N3/c1-3-14(11-17-8-1)7-10-19(12-15-5-6-15)13-16-4-2-9-18-16/h1,3,8,11,15-16,18H,2,4-7,9-10,12-13H2. The molecule has 3 heteroatoms. The van der Waals surface area contributed by atoms with Gasteiger partial charge >= 0.3 is 0 Å². The number of aromatic nitrogens is 1. The van der Waals surface area contributed by atoms with Crippen LogP contribution >= 0.6 is 0 Å². The second-order valence-electron chi connectivity index (χ2n) is 6.11. The third-order valence-corrected chi connectivity index (χ3v) is 4.29. The van der Waals surface area contributed by atoms with Gasteiger partial charge in [-0.1, -0.05) is 6.07 Å². The molecule has 0 spiro atoms. The minimum absolute atomic E-state index is 0.729. The number of rotatable bonds is 7. The smallest absolute Gasteiger partial charge is 0.0300 e. The average molecular weight is 259 g/mol. The molecule has 0 radical (unpaired) electrons. The van der Waals surface area contributed by atoms with Crippen LogP contribution in [0.3, 0.4) is 0 Å². The van der Waals surface area contributed by atoms with Gasteiger partial charge in [-0.3, -0.25) is 4.98 Å². The molecule has 2 heterocycles. The summed E-state index contributed by atoms with van der Waals surface area (Å²) >= 11 is 0. The topological polar surface area (TPSA) is 28.2 Å². The van der Waals surface area contributed by atoms with E-state index in [4.69, 9.17) is 0 Å².